The molecule has 1 aliphatic heterocycles. The monoisotopic (exact) mass is 723 g/mol. The van der Waals surface area contributed by atoms with E-state index in [-0.39, 0.29) is 47.0 Å². The maximum atomic E-state index is 13.5. The topological polar surface area (TPSA) is 111 Å². The molecule has 0 amide bonds. The molecule has 4 fully saturated rings. The minimum absolute atomic E-state index is 0.0122. The van der Waals surface area contributed by atoms with Gasteiger partial charge in [0.25, 0.3) is 0 Å². The van der Waals surface area contributed by atoms with Crippen molar-refractivity contribution in [2.75, 3.05) is 19.8 Å². The molecule has 0 aromatic heterocycles. The quantitative estimate of drug-likeness (QED) is 0.186. The van der Waals surface area contributed by atoms with Gasteiger partial charge in [-0.1, -0.05) is 72.2 Å². The summed E-state index contributed by atoms with van der Waals surface area (Å²) in [4.78, 5) is 39.6. The average molecular weight is 724 g/mol. The lowest BCUT2D eigenvalue weighted by molar-refractivity contribution is -0.262. The summed E-state index contributed by atoms with van der Waals surface area (Å²) in [5, 5.41) is 14.3. The van der Waals surface area contributed by atoms with Gasteiger partial charge >= 0.3 is 17.9 Å². The number of carboxylic acids is 1. The van der Waals surface area contributed by atoms with Crippen LogP contribution >= 0.6 is 0 Å². The van der Waals surface area contributed by atoms with Crippen molar-refractivity contribution in [2.24, 2.45) is 56.7 Å². The van der Waals surface area contributed by atoms with Crippen molar-refractivity contribution in [2.45, 2.75) is 126 Å². The Labute approximate surface area is 310 Å². The minimum Gasteiger partial charge on any atom is -0.481 e. The maximum absolute atomic E-state index is 13.5. The SMILES string of the molecule is CC(=O)O[C@@H]1C[C@@]23COC[C@@](C)([C@@H]2CC[C@H]2C3=CC[C@@]3(C)[C@H](C(=O)O)[C@@](C)([C@H](C)C(C)C)CC[C@]23C)[C@H]1OC(=O)CNC(C)Cc1ccc(F)cc1. The summed E-state index contributed by atoms with van der Waals surface area (Å²) >= 11 is 0. The second-order valence-corrected chi connectivity index (χ2v) is 18.7. The van der Waals surface area contributed by atoms with Crippen molar-refractivity contribution in [3.05, 3.63) is 47.3 Å². The number of carboxylic acid groups (broad SMARTS) is 1. The first-order chi connectivity index (χ1) is 24.3. The molecular formula is C43H62FNO7. The van der Waals surface area contributed by atoms with Gasteiger partial charge in [0.1, 0.15) is 18.0 Å². The van der Waals surface area contributed by atoms with E-state index in [1.165, 1.54) is 24.6 Å². The summed E-state index contributed by atoms with van der Waals surface area (Å²) in [6.07, 6.45) is 6.52. The Morgan fingerprint density at radius 2 is 1.67 bits per heavy atom. The van der Waals surface area contributed by atoms with E-state index in [9.17, 15) is 23.9 Å². The molecule has 8 nitrogen and oxygen atoms in total. The summed E-state index contributed by atoms with van der Waals surface area (Å²) < 4.78 is 32.3. The minimum atomic E-state index is -0.683. The molecule has 288 valence electrons. The number of nitrogens with one attached hydrogen (secondary N) is 1. The fraction of sp³-hybridized carbons (Fsp3) is 0.744. The second kappa shape index (κ2) is 13.8. The van der Waals surface area contributed by atoms with Gasteiger partial charge < -0.3 is 24.6 Å². The average Bonchev–Trinajstić information content (AvgIpc) is 3.06. The number of hydrogen-bond donors (Lipinski definition) is 2. The summed E-state index contributed by atoms with van der Waals surface area (Å²) in [6, 6.07) is 6.30. The van der Waals surface area contributed by atoms with Gasteiger partial charge in [0, 0.05) is 23.8 Å². The molecule has 52 heavy (non-hydrogen) atoms. The second-order valence-electron chi connectivity index (χ2n) is 18.7. The third kappa shape index (κ3) is 6.14. The molecule has 3 saturated carbocycles. The zero-order valence-electron chi connectivity index (χ0n) is 32.9. The van der Waals surface area contributed by atoms with E-state index in [1.54, 1.807) is 12.1 Å². The van der Waals surface area contributed by atoms with E-state index >= 15 is 0 Å². The van der Waals surface area contributed by atoms with Crippen LogP contribution in [0, 0.1) is 62.5 Å². The van der Waals surface area contributed by atoms with Gasteiger partial charge in [0.2, 0.25) is 0 Å². The van der Waals surface area contributed by atoms with Crippen LogP contribution in [0.5, 0.6) is 0 Å². The van der Waals surface area contributed by atoms with Crippen molar-refractivity contribution >= 4 is 17.9 Å². The molecule has 2 N–H and O–H groups in total. The van der Waals surface area contributed by atoms with Crippen molar-refractivity contribution in [3.8, 4) is 0 Å². The summed E-state index contributed by atoms with van der Waals surface area (Å²) in [5.41, 5.74) is 0.314. The molecule has 0 radical (unpaired) electrons. The highest BCUT2D eigenvalue weighted by Gasteiger charge is 2.72. The molecule has 0 spiro atoms. The molecule has 4 aliphatic carbocycles. The number of hydrogen-bond acceptors (Lipinski definition) is 7. The molecule has 5 aliphatic rings. The van der Waals surface area contributed by atoms with Crippen LogP contribution in [0.15, 0.2) is 35.9 Å². The van der Waals surface area contributed by atoms with Crippen LogP contribution in [-0.2, 0) is 35.0 Å². The largest absolute Gasteiger partial charge is 0.481 e. The fourth-order valence-electron chi connectivity index (χ4n) is 12.6. The van der Waals surface area contributed by atoms with E-state index < -0.39 is 52.3 Å². The molecule has 9 heteroatoms. The third-order valence-electron chi connectivity index (χ3n) is 15.7. The predicted octanol–water partition coefficient (Wildman–Crippen LogP) is 7.78. The first-order valence-corrected chi connectivity index (χ1v) is 19.7. The van der Waals surface area contributed by atoms with Gasteiger partial charge in [0.15, 0.2) is 0 Å². The zero-order valence-corrected chi connectivity index (χ0v) is 32.9. The third-order valence-corrected chi connectivity index (χ3v) is 15.7. The van der Waals surface area contributed by atoms with Crippen molar-refractivity contribution in [3.63, 3.8) is 0 Å². The first-order valence-electron chi connectivity index (χ1n) is 19.7. The predicted molar refractivity (Wildman–Crippen MR) is 197 cm³/mol. The number of carbonyl (C=O) groups excluding carboxylic acids is 2. The van der Waals surface area contributed by atoms with Gasteiger partial charge in [-0.25, -0.2) is 4.39 Å². The van der Waals surface area contributed by atoms with Gasteiger partial charge in [-0.2, -0.15) is 0 Å². The lowest BCUT2D eigenvalue weighted by Gasteiger charge is -2.71. The van der Waals surface area contributed by atoms with Crippen LogP contribution in [-0.4, -0.2) is 61.0 Å². The smallest absolute Gasteiger partial charge is 0.320 e. The normalized spacial score (nSPS) is 40.7. The summed E-state index contributed by atoms with van der Waals surface area (Å²) in [5.74, 6) is -1.31. The fourth-order valence-corrected chi connectivity index (χ4v) is 12.6. The summed E-state index contributed by atoms with van der Waals surface area (Å²) in [6.45, 7) is 19.9. The van der Waals surface area contributed by atoms with E-state index in [4.69, 9.17) is 14.2 Å². The Morgan fingerprint density at radius 1 is 0.981 bits per heavy atom. The number of esters is 2. The van der Waals surface area contributed by atoms with Gasteiger partial charge in [-0.3, -0.25) is 14.4 Å². The van der Waals surface area contributed by atoms with Crippen molar-refractivity contribution in [1.82, 2.24) is 5.32 Å². The van der Waals surface area contributed by atoms with E-state index in [0.29, 0.717) is 38.4 Å². The van der Waals surface area contributed by atoms with Crippen LogP contribution in [0.2, 0.25) is 0 Å². The molecule has 1 aromatic rings. The lowest BCUT2D eigenvalue weighted by atomic mass is 9.34. The first kappa shape index (κ1) is 38.9. The number of rotatable bonds is 10. The molecular weight excluding hydrogens is 661 g/mol. The lowest BCUT2D eigenvalue weighted by Crippen LogP contribution is -2.70. The van der Waals surface area contributed by atoms with Crippen LogP contribution in [0.25, 0.3) is 0 Å². The van der Waals surface area contributed by atoms with E-state index in [2.05, 4.69) is 59.9 Å². The number of carbonyl (C=O) groups is 3. The van der Waals surface area contributed by atoms with E-state index in [0.717, 1.165) is 31.2 Å². The highest BCUT2D eigenvalue weighted by atomic mass is 19.1. The van der Waals surface area contributed by atoms with E-state index in [1.807, 2.05) is 6.92 Å². The van der Waals surface area contributed by atoms with Crippen molar-refractivity contribution in [1.29, 1.82) is 0 Å². The van der Waals surface area contributed by atoms with Gasteiger partial charge in [-0.05, 0) is 109 Å². The molecule has 1 aromatic carbocycles. The highest BCUT2D eigenvalue weighted by molar-refractivity contribution is 5.73. The molecule has 6 rings (SSSR count). The van der Waals surface area contributed by atoms with Crippen LogP contribution in [0.1, 0.15) is 106 Å². The Bertz CT molecular complexity index is 1580. The summed E-state index contributed by atoms with van der Waals surface area (Å²) in [7, 11) is 0. The zero-order chi connectivity index (χ0) is 38.0. The maximum Gasteiger partial charge on any atom is 0.320 e. The van der Waals surface area contributed by atoms with Gasteiger partial charge in [0.05, 0.1) is 25.7 Å². The van der Waals surface area contributed by atoms with Crippen LogP contribution in [0.3, 0.4) is 0 Å². The number of allylic oxidation sites excluding steroid dienone is 1. The Kier molecular flexibility index (Phi) is 10.3. The van der Waals surface area contributed by atoms with Gasteiger partial charge in [-0.15, -0.1) is 0 Å². The Morgan fingerprint density at radius 3 is 2.31 bits per heavy atom. The Balaban J connectivity index is 1.28. The standard InChI is InChI=1S/C43H62FNO7/c1-25(2)27(4)39(6)18-19-41(8)31-14-15-34-40(7)23-50-24-43(34,32(31)16-17-42(41,9)36(39)38(48)49)21-33(51-28(5)46)37(40)52-35(47)22-45-26(3)20-29-10-12-30(44)13-11-29/h10-13,16,25-27,31,33-34,36-37,45H,14-15,17-24H2,1-9H3,(H,48,49)/t26?,27-,31+,33-,34+,36-,37+,39-,40+,41-,42+,43+/m1/s1. The Hall–Kier alpha value is -2.78. The number of benzene rings is 1. The van der Waals surface area contributed by atoms with Crippen LogP contribution < -0.4 is 5.32 Å². The molecule has 12 atom stereocenters. The highest BCUT2D eigenvalue weighted by Crippen LogP contribution is 2.75. The number of aliphatic carboxylic acids is 1. The molecule has 1 heterocycles. The van der Waals surface area contributed by atoms with Crippen molar-refractivity contribution < 1.29 is 38.1 Å². The number of ether oxygens (including phenoxy) is 3. The molecule has 2 bridgehead atoms. The molecule has 1 saturated heterocycles. The van der Waals surface area contributed by atoms with Crippen LogP contribution in [0.4, 0.5) is 4.39 Å². The number of halogens is 1. The number of fused-ring (bicyclic) bond motifs is 3. The molecule has 1 unspecified atom stereocenters.